The van der Waals surface area contributed by atoms with Crippen LogP contribution in [0.1, 0.15) is 32.5 Å². The van der Waals surface area contributed by atoms with Crippen LogP contribution in [0.25, 0.3) is 0 Å². The Hall–Kier alpha value is -1.12. The fourth-order valence-corrected chi connectivity index (χ4v) is 1.35. The topological polar surface area (TPSA) is 34.9 Å². The van der Waals surface area contributed by atoms with E-state index in [1.54, 1.807) is 6.20 Å². The van der Waals surface area contributed by atoms with E-state index in [1.165, 1.54) is 0 Å². The van der Waals surface area contributed by atoms with Gasteiger partial charge in [-0.2, -0.15) is 0 Å². The third kappa shape index (κ3) is 2.69. The molecule has 1 rings (SSSR count). The number of ketones is 1. The van der Waals surface area contributed by atoms with Crippen LogP contribution in [-0.2, 0) is 18.3 Å². The van der Waals surface area contributed by atoms with Gasteiger partial charge >= 0.3 is 0 Å². The lowest BCUT2D eigenvalue weighted by molar-refractivity contribution is -0.122. The summed E-state index contributed by atoms with van der Waals surface area (Å²) in [6.45, 7) is 4.03. The molecule has 1 aromatic rings. The van der Waals surface area contributed by atoms with Crippen molar-refractivity contribution in [3.05, 3.63) is 18.2 Å². The van der Waals surface area contributed by atoms with Crippen LogP contribution in [0.3, 0.4) is 0 Å². The van der Waals surface area contributed by atoms with E-state index in [4.69, 9.17) is 0 Å². The summed E-state index contributed by atoms with van der Waals surface area (Å²) in [7, 11) is 1.95. The van der Waals surface area contributed by atoms with Gasteiger partial charge in [0, 0.05) is 38.2 Å². The molecule has 1 unspecified atom stereocenters. The number of carbonyl (C=O) groups is 1. The molecule has 14 heavy (non-hydrogen) atoms. The Morgan fingerprint density at radius 1 is 1.64 bits per heavy atom. The van der Waals surface area contributed by atoms with E-state index in [0.717, 1.165) is 18.7 Å². The molecule has 0 N–H and O–H groups in total. The average Bonchev–Trinajstić information content (AvgIpc) is 2.59. The van der Waals surface area contributed by atoms with Crippen LogP contribution >= 0.6 is 0 Å². The van der Waals surface area contributed by atoms with Crippen LogP contribution in [0.5, 0.6) is 0 Å². The molecule has 1 atom stereocenters. The van der Waals surface area contributed by atoms with Crippen molar-refractivity contribution < 1.29 is 4.79 Å². The molecule has 0 aromatic carbocycles. The highest BCUT2D eigenvalue weighted by Crippen LogP contribution is 2.08. The fraction of sp³-hybridized carbons (Fsp3) is 0.636. The highest BCUT2D eigenvalue weighted by Gasteiger charge is 2.11. The molecule has 0 fully saturated rings. The number of carbonyl (C=O) groups excluding carboxylic acids is 1. The molecule has 0 aliphatic carbocycles. The second kappa shape index (κ2) is 4.94. The van der Waals surface area contributed by atoms with Gasteiger partial charge in [0.05, 0.1) is 0 Å². The van der Waals surface area contributed by atoms with E-state index < -0.39 is 0 Å². The van der Waals surface area contributed by atoms with Gasteiger partial charge in [0.2, 0.25) is 0 Å². The maximum absolute atomic E-state index is 11.5. The molecule has 78 valence electrons. The minimum Gasteiger partial charge on any atom is -0.338 e. The molecule has 0 saturated heterocycles. The largest absolute Gasteiger partial charge is 0.338 e. The molecular formula is C11H18N2O. The lowest BCUT2D eigenvalue weighted by Crippen LogP contribution is -2.11. The minimum absolute atomic E-state index is 0.190. The summed E-state index contributed by atoms with van der Waals surface area (Å²) in [6.07, 6.45) is 5.97. The number of hydrogen-bond acceptors (Lipinski definition) is 2. The first-order valence-electron chi connectivity index (χ1n) is 5.14. The van der Waals surface area contributed by atoms with E-state index in [2.05, 4.69) is 4.98 Å². The monoisotopic (exact) mass is 194 g/mol. The molecule has 0 aliphatic rings. The van der Waals surface area contributed by atoms with Crippen LogP contribution in [0.2, 0.25) is 0 Å². The Kier molecular flexibility index (Phi) is 3.86. The van der Waals surface area contributed by atoms with Crippen molar-refractivity contribution in [3.63, 3.8) is 0 Å². The number of Topliss-reactive ketones (excluding diaryl/α,β-unsaturated/α-hetero) is 1. The van der Waals surface area contributed by atoms with Crippen molar-refractivity contribution in [3.8, 4) is 0 Å². The van der Waals surface area contributed by atoms with E-state index in [0.29, 0.717) is 12.2 Å². The maximum Gasteiger partial charge on any atom is 0.136 e. The van der Waals surface area contributed by atoms with Crippen LogP contribution in [-0.4, -0.2) is 15.3 Å². The zero-order valence-corrected chi connectivity index (χ0v) is 9.16. The molecular weight excluding hydrogens is 176 g/mol. The third-order valence-corrected chi connectivity index (χ3v) is 2.68. The van der Waals surface area contributed by atoms with Gasteiger partial charge in [-0.05, 0) is 6.42 Å². The van der Waals surface area contributed by atoms with Crippen LogP contribution in [0.4, 0.5) is 0 Å². The molecule has 3 heteroatoms. The van der Waals surface area contributed by atoms with Gasteiger partial charge in [-0.3, -0.25) is 4.79 Å². The molecule has 3 nitrogen and oxygen atoms in total. The first kappa shape index (κ1) is 11.0. The summed E-state index contributed by atoms with van der Waals surface area (Å²) in [6, 6.07) is 0. The van der Waals surface area contributed by atoms with Gasteiger partial charge in [0.25, 0.3) is 0 Å². The standard InChI is InChI=1S/C11H18N2O/c1-4-9(2)10(14)5-6-11-12-7-8-13(11)3/h7-9H,4-6H2,1-3H3. The molecule has 0 bridgehead atoms. The van der Waals surface area contributed by atoms with Crippen molar-refractivity contribution in [2.45, 2.75) is 33.1 Å². The Bertz CT molecular complexity index is 304. The third-order valence-electron chi connectivity index (χ3n) is 2.68. The van der Waals surface area contributed by atoms with Crippen molar-refractivity contribution in [1.29, 1.82) is 0 Å². The van der Waals surface area contributed by atoms with E-state index in [9.17, 15) is 4.79 Å². The molecule has 0 amide bonds. The number of aromatic nitrogens is 2. The number of aryl methyl sites for hydroxylation is 2. The zero-order chi connectivity index (χ0) is 10.6. The van der Waals surface area contributed by atoms with Crippen LogP contribution in [0, 0.1) is 5.92 Å². The molecule has 0 aliphatic heterocycles. The minimum atomic E-state index is 0.190. The summed E-state index contributed by atoms with van der Waals surface area (Å²) in [5.74, 6) is 1.52. The first-order chi connectivity index (χ1) is 6.65. The zero-order valence-electron chi connectivity index (χ0n) is 9.16. The number of rotatable bonds is 5. The van der Waals surface area contributed by atoms with Gasteiger partial charge in [0.15, 0.2) is 0 Å². The van der Waals surface area contributed by atoms with Gasteiger partial charge in [-0.1, -0.05) is 13.8 Å². The Morgan fingerprint density at radius 2 is 2.36 bits per heavy atom. The fourth-order valence-electron chi connectivity index (χ4n) is 1.35. The molecule has 0 spiro atoms. The SMILES string of the molecule is CCC(C)C(=O)CCc1nccn1C. The second-order valence-electron chi connectivity index (χ2n) is 3.73. The Morgan fingerprint density at radius 3 is 2.86 bits per heavy atom. The summed E-state index contributed by atoms with van der Waals surface area (Å²) < 4.78 is 1.96. The van der Waals surface area contributed by atoms with Gasteiger partial charge < -0.3 is 4.57 Å². The normalized spacial score (nSPS) is 12.8. The van der Waals surface area contributed by atoms with Crippen molar-refractivity contribution >= 4 is 5.78 Å². The summed E-state index contributed by atoms with van der Waals surface area (Å²) in [5.41, 5.74) is 0. The van der Waals surface area contributed by atoms with Crippen molar-refractivity contribution in [2.24, 2.45) is 13.0 Å². The predicted octanol–water partition coefficient (Wildman–Crippen LogP) is 1.97. The van der Waals surface area contributed by atoms with Gasteiger partial charge in [-0.25, -0.2) is 4.98 Å². The maximum atomic E-state index is 11.5. The molecule has 1 heterocycles. The lowest BCUT2D eigenvalue weighted by Gasteiger charge is -2.06. The van der Waals surface area contributed by atoms with Crippen molar-refractivity contribution in [2.75, 3.05) is 0 Å². The van der Waals surface area contributed by atoms with Gasteiger partial charge in [0.1, 0.15) is 11.6 Å². The summed E-state index contributed by atoms with van der Waals surface area (Å²) >= 11 is 0. The van der Waals surface area contributed by atoms with E-state index in [1.807, 2.05) is 31.7 Å². The summed E-state index contributed by atoms with van der Waals surface area (Å²) in [5, 5.41) is 0. The first-order valence-corrected chi connectivity index (χ1v) is 5.14. The average molecular weight is 194 g/mol. The number of imidazole rings is 1. The van der Waals surface area contributed by atoms with E-state index in [-0.39, 0.29) is 5.92 Å². The molecule has 1 aromatic heterocycles. The predicted molar refractivity (Wildman–Crippen MR) is 56.0 cm³/mol. The number of hydrogen-bond donors (Lipinski definition) is 0. The highest BCUT2D eigenvalue weighted by molar-refractivity contribution is 5.80. The quantitative estimate of drug-likeness (QED) is 0.718. The van der Waals surface area contributed by atoms with E-state index >= 15 is 0 Å². The highest BCUT2D eigenvalue weighted by atomic mass is 16.1. The van der Waals surface area contributed by atoms with Crippen LogP contribution < -0.4 is 0 Å². The summed E-state index contributed by atoms with van der Waals surface area (Å²) in [4.78, 5) is 15.7. The molecule has 0 radical (unpaired) electrons. The number of nitrogens with zero attached hydrogens (tertiary/aromatic N) is 2. The smallest absolute Gasteiger partial charge is 0.136 e. The Balaban J connectivity index is 2.41. The lowest BCUT2D eigenvalue weighted by atomic mass is 10.00. The Labute approximate surface area is 85.2 Å². The van der Waals surface area contributed by atoms with Crippen molar-refractivity contribution in [1.82, 2.24) is 9.55 Å². The van der Waals surface area contributed by atoms with Crippen LogP contribution in [0.15, 0.2) is 12.4 Å². The van der Waals surface area contributed by atoms with Gasteiger partial charge in [-0.15, -0.1) is 0 Å². The molecule has 0 saturated carbocycles. The second-order valence-corrected chi connectivity index (χ2v) is 3.73.